The summed E-state index contributed by atoms with van der Waals surface area (Å²) in [7, 11) is 0. The highest BCUT2D eigenvalue weighted by Gasteiger charge is 2.12. The number of rotatable bonds is 4. The van der Waals surface area contributed by atoms with Gasteiger partial charge in [0, 0.05) is 6.54 Å². The van der Waals surface area contributed by atoms with E-state index in [9.17, 15) is 4.39 Å². The van der Waals surface area contributed by atoms with Gasteiger partial charge in [-0.2, -0.15) is 0 Å². The van der Waals surface area contributed by atoms with Gasteiger partial charge in [0.2, 0.25) is 0 Å². The molecule has 0 heterocycles. The average Bonchev–Trinajstić information content (AvgIpc) is 2.35. The topological polar surface area (TPSA) is 12.0 Å². The third kappa shape index (κ3) is 3.97. The van der Waals surface area contributed by atoms with E-state index < -0.39 is 0 Å². The van der Waals surface area contributed by atoms with Gasteiger partial charge in [-0.15, -0.1) is 0 Å². The molecule has 1 aromatic carbocycles. The van der Waals surface area contributed by atoms with Crippen LogP contribution in [-0.4, -0.2) is 6.54 Å². The van der Waals surface area contributed by atoms with E-state index in [0.717, 1.165) is 24.6 Å². The molecule has 0 radical (unpaired) electrons. The Morgan fingerprint density at radius 1 is 1.24 bits per heavy atom. The standard InChI is InChI=1S/C14H19ClFN/c15-13-8-12(6-7-14(13)16)10-17-9-11-4-2-1-3-5-11/h6-8,11,17H,1-5,9-10H2. The number of nitrogens with one attached hydrogen (secondary N) is 1. The summed E-state index contributed by atoms with van der Waals surface area (Å²) in [5, 5.41) is 3.65. The molecule has 1 N–H and O–H groups in total. The third-order valence-electron chi connectivity index (χ3n) is 3.47. The largest absolute Gasteiger partial charge is 0.312 e. The summed E-state index contributed by atoms with van der Waals surface area (Å²) in [5.74, 6) is 0.474. The van der Waals surface area contributed by atoms with Crippen LogP contribution in [0.5, 0.6) is 0 Å². The first-order valence-electron chi connectivity index (χ1n) is 6.40. The molecule has 0 aromatic heterocycles. The zero-order valence-corrected chi connectivity index (χ0v) is 10.8. The van der Waals surface area contributed by atoms with E-state index in [-0.39, 0.29) is 10.8 Å². The van der Waals surface area contributed by atoms with E-state index in [4.69, 9.17) is 11.6 Å². The van der Waals surface area contributed by atoms with Gasteiger partial charge in [-0.05, 0) is 43.0 Å². The van der Waals surface area contributed by atoms with Crippen molar-refractivity contribution in [1.29, 1.82) is 0 Å². The molecule has 1 fully saturated rings. The lowest BCUT2D eigenvalue weighted by molar-refractivity contribution is 0.342. The van der Waals surface area contributed by atoms with Gasteiger partial charge in [0.25, 0.3) is 0 Å². The maximum absolute atomic E-state index is 13.0. The fourth-order valence-electron chi connectivity index (χ4n) is 2.46. The van der Waals surface area contributed by atoms with Crippen LogP contribution in [0.2, 0.25) is 5.02 Å². The molecule has 1 saturated carbocycles. The molecule has 2 rings (SSSR count). The molecule has 17 heavy (non-hydrogen) atoms. The minimum absolute atomic E-state index is 0.210. The third-order valence-corrected chi connectivity index (χ3v) is 3.76. The van der Waals surface area contributed by atoms with Gasteiger partial charge >= 0.3 is 0 Å². The van der Waals surface area contributed by atoms with Crippen molar-refractivity contribution in [3.8, 4) is 0 Å². The van der Waals surface area contributed by atoms with Gasteiger partial charge in [-0.25, -0.2) is 4.39 Å². The molecule has 94 valence electrons. The average molecular weight is 256 g/mol. The molecule has 1 aliphatic rings. The van der Waals surface area contributed by atoms with Crippen LogP contribution in [0.3, 0.4) is 0 Å². The van der Waals surface area contributed by atoms with Crippen LogP contribution >= 0.6 is 11.6 Å². The Morgan fingerprint density at radius 2 is 2.00 bits per heavy atom. The van der Waals surface area contributed by atoms with E-state index in [1.807, 2.05) is 0 Å². The second-order valence-electron chi connectivity index (χ2n) is 4.88. The monoisotopic (exact) mass is 255 g/mol. The Kier molecular flexibility index (Phi) is 4.81. The number of halogens is 2. The minimum atomic E-state index is -0.345. The molecule has 1 aromatic rings. The van der Waals surface area contributed by atoms with Gasteiger partial charge in [0.1, 0.15) is 5.82 Å². The predicted octanol–water partition coefficient (Wildman–Crippen LogP) is 4.15. The lowest BCUT2D eigenvalue weighted by Gasteiger charge is -2.21. The first kappa shape index (κ1) is 12.8. The van der Waals surface area contributed by atoms with Gasteiger partial charge < -0.3 is 5.32 Å². The molecule has 1 aliphatic carbocycles. The highest BCUT2D eigenvalue weighted by atomic mass is 35.5. The van der Waals surface area contributed by atoms with Gasteiger partial charge in [0.15, 0.2) is 0 Å². The molecular formula is C14H19ClFN. The van der Waals surface area contributed by atoms with Crippen LogP contribution in [0.25, 0.3) is 0 Å². The molecule has 0 saturated heterocycles. The predicted molar refractivity (Wildman–Crippen MR) is 69.7 cm³/mol. The van der Waals surface area contributed by atoms with Crippen molar-refractivity contribution in [2.75, 3.05) is 6.54 Å². The van der Waals surface area contributed by atoms with Crippen molar-refractivity contribution in [2.24, 2.45) is 5.92 Å². The van der Waals surface area contributed by atoms with Crippen molar-refractivity contribution in [1.82, 2.24) is 5.32 Å². The summed E-state index contributed by atoms with van der Waals surface area (Å²) in [4.78, 5) is 0. The molecular weight excluding hydrogens is 237 g/mol. The first-order valence-corrected chi connectivity index (χ1v) is 6.78. The van der Waals surface area contributed by atoms with Crippen LogP contribution in [0, 0.1) is 11.7 Å². The molecule has 0 amide bonds. The Hall–Kier alpha value is -0.600. The Balaban J connectivity index is 1.75. The molecule has 0 bridgehead atoms. The summed E-state index contributed by atoms with van der Waals surface area (Å²) >= 11 is 5.74. The molecule has 0 atom stereocenters. The fraction of sp³-hybridized carbons (Fsp3) is 0.571. The zero-order chi connectivity index (χ0) is 12.1. The highest BCUT2D eigenvalue weighted by Crippen LogP contribution is 2.23. The molecule has 3 heteroatoms. The SMILES string of the molecule is Fc1ccc(CNCC2CCCCC2)cc1Cl. The van der Waals surface area contributed by atoms with Crippen molar-refractivity contribution in [3.05, 3.63) is 34.6 Å². The van der Waals surface area contributed by atoms with Gasteiger partial charge in [0.05, 0.1) is 5.02 Å². The second-order valence-corrected chi connectivity index (χ2v) is 5.29. The lowest BCUT2D eigenvalue weighted by Crippen LogP contribution is -2.24. The van der Waals surface area contributed by atoms with Gasteiger partial charge in [-0.1, -0.05) is 36.9 Å². The van der Waals surface area contributed by atoms with Crippen LogP contribution < -0.4 is 5.32 Å². The summed E-state index contributed by atoms with van der Waals surface area (Å²) < 4.78 is 13.0. The quantitative estimate of drug-likeness (QED) is 0.852. The number of benzene rings is 1. The van der Waals surface area contributed by atoms with Crippen molar-refractivity contribution in [2.45, 2.75) is 38.6 Å². The van der Waals surface area contributed by atoms with Crippen LogP contribution in [0.15, 0.2) is 18.2 Å². The summed E-state index contributed by atoms with van der Waals surface area (Å²) in [6.45, 7) is 1.84. The van der Waals surface area contributed by atoms with E-state index in [1.165, 1.54) is 38.2 Å². The highest BCUT2D eigenvalue weighted by molar-refractivity contribution is 6.30. The smallest absolute Gasteiger partial charge is 0.141 e. The summed E-state index contributed by atoms with van der Waals surface area (Å²) in [6.07, 6.45) is 6.82. The molecule has 1 nitrogen and oxygen atoms in total. The van der Waals surface area contributed by atoms with Crippen molar-refractivity contribution >= 4 is 11.6 Å². The molecule has 0 aliphatic heterocycles. The first-order chi connectivity index (χ1) is 8.25. The van der Waals surface area contributed by atoms with E-state index >= 15 is 0 Å². The Bertz CT molecular complexity index is 361. The van der Waals surface area contributed by atoms with E-state index in [0.29, 0.717) is 0 Å². The Morgan fingerprint density at radius 3 is 2.71 bits per heavy atom. The van der Waals surface area contributed by atoms with Crippen LogP contribution in [-0.2, 0) is 6.54 Å². The van der Waals surface area contributed by atoms with Gasteiger partial charge in [-0.3, -0.25) is 0 Å². The lowest BCUT2D eigenvalue weighted by atomic mass is 9.89. The maximum atomic E-state index is 13.0. The maximum Gasteiger partial charge on any atom is 0.141 e. The van der Waals surface area contributed by atoms with E-state index in [1.54, 1.807) is 12.1 Å². The molecule has 0 unspecified atom stereocenters. The second kappa shape index (κ2) is 6.36. The van der Waals surface area contributed by atoms with Crippen molar-refractivity contribution in [3.63, 3.8) is 0 Å². The number of hydrogen-bond donors (Lipinski definition) is 1. The van der Waals surface area contributed by atoms with Crippen LogP contribution in [0.4, 0.5) is 4.39 Å². The summed E-state index contributed by atoms with van der Waals surface area (Å²) in [6, 6.07) is 4.92. The Labute approximate surface area is 107 Å². The fourth-order valence-corrected chi connectivity index (χ4v) is 2.66. The molecule has 0 spiro atoms. The van der Waals surface area contributed by atoms with Crippen molar-refractivity contribution < 1.29 is 4.39 Å². The zero-order valence-electron chi connectivity index (χ0n) is 10.0. The van der Waals surface area contributed by atoms with Crippen LogP contribution in [0.1, 0.15) is 37.7 Å². The van der Waals surface area contributed by atoms with E-state index in [2.05, 4.69) is 5.32 Å². The number of hydrogen-bond acceptors (Lipinski definition) is 1. The normalized spacial score (nSPS) is 17.3. The summed E-state index contributed by atoms with van der Waals surface area (Å²) in [5.41, 5.74) is 1.05. The minimum Gasteiger partial charge on any atom is -0.312 e.